The van der Waals surface area contributed by atoms with E-state index < -0.39 is 0 Å². The molecule has 0 heterocycles. The highest BCUT2D eigenvalue weighted by Crippen LogP contribution is 2.01. The Morgan fingerprint density at radius 3 is 2.93 bits per heavy atom. The maximum absolute atomic E-state index is 11.2. The molecule has 0 aliphatic heterocycles. The van der Waals surface area contributed by atoms with Crippen LogP contribution in [-0.4, -0.2) is 37.6 Å². The van der Waals surface area contributed by atoms with Gasteiger partial charge in [-0.15, -0.1) is 0 Å². The van der Waals surface area contributed by atoms with Crippen LogP contribution in [0.1, 0.15) is 13.3 Å². The van der Waals surface area contributed by atoms with Gasteiger partial charge in [-0.05, 0) is 24.5 Å². The van der Waals surface area contributed by atoms with Crippen LogP contribution in [0.25, 0.3) is 0 Å². The van der Waals surface area contributed by atoms with Crippen molar-refractivity contribution in [1.82, 2.24) is 10.6 Å². The van der Waals surface area contributed by atoms with Crippen LogP contribution in [0.4, 0.5) is 0 Å². The number of hydrogen-bond acceptors (Lipinski definition) is 4. The first-order valence-corrected chi connectivity index (χ1v) is 6.43. The Morgan fingerprint density at radius 1 is 1.60 bits per heavy atom. The molecule has 0 bridgehead atoms. The van der Waals surface area contributed by atoms with Gasteiger partial charge in [-0.25, -0.2) is 0 Å². The van der Waals surface area contributed by atoms with Gasteiger partial charge in [0.25, 0.3) is 0 Å². The first kappa shape index (κ1) is 14.3. The first-order chi connectivity index (χ1) is 7.20. The summed E-state index contributed by atoms with van der Waals surface area (Å²) in [5, 5.41) is 14.0. The second-order valence-electron chi connectivity index (χ2n) is 3.45. The Balaban J connectivity index is 3.35. The van der Waals surface area contributed by atoms with Crippen LogP contribution >= 0.6 is 11.8 Å². The van der Waals surface area contributed by atoms with Crippen LogP contribution in [0, 0.1) is 17.2 Å². The van der Waals surface area contributed by atoms with E-state index in [-0.39, 0.29) is 5.91 Å². The van der Waals surface area contributed by atoms with Gasteiger partial charge in [0.1, 0.15) is 0 Å². The fourth-order valence-corrected chi connectivity index (χ4v) is 1.78. The molecule has 5 heteroatoms. The number of carbonyl (C=O) groups is 1. The molecule has 4 nitrogen and oxygen atoms in total. The number of carbonyl (C=O) groups excluding carboxylic acids is 1. The summed E-state index contributed by atoms with van der Waals surface area (Å²) in [5.41, 5.74) is 0. The summed E-state index contributed by atoms with van der Waals surface area (Å²) in [6.45, 7) is 3.78. The lowest BCUT2D eigenvalue weighted by molar-refractivity contribution is -0.120. The molecule has 15 heavy (non-hydrogen) atoms. The highest BCUT2D eigenvalue weighted by Gasteiger charge is 2.02. The average molecular weight is 229 g/mol. The fourth-order valence-electron chi connectivity index (χ4n) is 1.10. The summed E-state index contributed by atoms with van der Waals surface area (Å²) in [6.07, 6.45) is 2.44. The summed E-state index contributed by atoms with van der Waals surface area (Å²) >= 11 is 1.81. The normalized spacial score (nSPS) is 11.8. The summed E-state index contributed by atoms with van der Waals surface area (Å²) in [4.78, 5) is 11.2. The van der Waals surface area contributed by atoms with E-state index in [0.717, 1.165) is 12.3 Å². The third kappa shape index (κ3) is 9.57. The van der Waals surface area contributed by atoms with Crippen molar-refractivity contribution in [2.75, 3.05) is 31.6 Å². The minimum Gasteiger partial charge on any atom is -0.354 e. The zero-order valence-electron chi connectivity index (χ0n) is 9.38. The Kier molecular flexibility index (Phi) is 9.33. The molecule has 0 aliphatic rings. The van der Waals surface area contributed by atoms with Crippen molar-refractivity contribution in [2.24, 2.45) is 5.92 Å². The van der Waals surface area contributed by atoms with Crippen molar-refractivity contribution < 1.29 is 4.79 Å². The van der Waals surface area contributed by atoms with Gasteiger partial charge in [0.2, 0.25) is 5.91 Å². The summed E-state index contributed by atoms with van der Waals surface area (Å²) in [6, 6.07) is 1.98. The number of hydrogen-bond donors (Lipinski definition) is 2. The largest absolute Gasteiger partial charge is 0.354 e. The molecule has 0 aromatic carbocycles. The SMILES string of the molecule is CSCC(C)CNCC(=O)NCCC#N. The molecule has 0 radical (unpaired) electrons. The lowest BCUT2D eigenvalue weighted by atomic mass is 10.2. The minimum absolute atomic E-state index is 0.0402. The number of amides is 1. The van der Waals surface area contributed by atoms with Crippen LogP contribution in [0.2, 0.25) is 0 Å². The Bertz CT molecular complexity index is 215. The van der Waals surface area contributed by atoms with Crippen LogP contribution < -0.4 is 10.6 Å². The first-order valence-electron chi connectivity index (χ1n) is 5.04. The number of rotatable bonds is 8. The maximum Gasteiger partial charge on any atom is 0.233 e. The molecule has 0 aromatic heterocycles. The number of nitriles is 1. The van der Waals surface area contributed by atoms with Crippen LogP contribution in [0.15, 0.2) is 0 Å². The van der Waals surface area contributed by atoms with Gasteiger partial charge < -0.3 is 10.6 Å². The van der Waals surface area contributed by atoms with Crippen molar-refractivity contribution in [3.63, 3.8) is 0 Å². The third-order valence-corrected chi connectivity index (χ3v) is 2.69. The lowest BCUT2D eigenvalue weighted by Gasteiger charge is -2.10. The number of nitrogens with zero attached hydrogens (tertiary/aromatic N) is 1. The van der Waals surface area contributed by atoms with Gasteiger partial charge >= 0.3 is 0 Å². The molecular weight excluding hydrogens is 210 g/mol. The topological polar surface area (TPSA) is 64.9 Å². The molecule has 0 saturated carbocycles. The van der Waals surface area contributed by atoms with Crippen LogP contribution in [0.3, 0.4) is 0 Å². The van der Waals surface area contributed by atoms with Crippen molar-refractivity contribution in [3.05, 3.63) is 0 Å². The van der Waals surface area contributed by atoms with Crippen molar-refractivity contribution in [1.29, 1.82) is 5.26 Å². The fraction of sp³-hybridized carbons (Fsp3) is 0.800. The molecule has 0 saturated heterocycles. The molecular formula is C10H19N3OS. The van der Waals surface area contributed by atoms with Gasteiger partial charge in [0.15, 0.2) is 0 Å². The lowest BCUT2D eigenvalue weighted by Crippen LogP contribution is -2.36. The van der Waals surface area contributed by atoms with Gasteiger partial charge in [0, 0.05) is 6.54 Å². The quantitative estimate of drug-likeness (QED) is 0.598. The third-order valence-electron chi connectivity index (χ3n) is 1.79. The monoisotopic (exact) mass is 229 g/mol. The zero-order valence-corrected chi connectivity index (χ0v) is 10.2. The molecule has 2 N–H and O–H groups in total. The van der Waals surface area contributed by atoms with E-state index in [0.29, 0.717) is 25.4 Å². The van der Waals surface area contributed by atoms with Crippen molar-refractivity contribution in [2.45, 2.75) is 13.3 Å². The maximum atomic E-state index is 11.2. The second kappa shape index (κ2) is 9.81. The Hall–Kier alpha value is -0.730. The predicted octanol–water partition coefficient (Wildman–Crippen LogP) is 0.605. The smallest absolute Gasteiger partial charge is 0.233 e. The molecule has 1 atom stereocenters. The van der Waals surface area contributed by atoms with E-state index in [1.807, 2.05) is 17.8 Å². The molecule has 1 unspecified atom stereocenters. The predicted molar refractivity (Wildman–Crippen MR) is 63.7 cm³/mol. The second-order valence-corrected chi connectivity index (χ2v) is 4.36. The van der Waals surface area contributed by atoms with Crippen LogP contribution in [0.5, 0.6) is 0 Å². The minimum atomic E-state index is -0.0402. The van der Waals surface area contributed by atoms with Gasteiger partial charge in [-0.2, -0.15) is 17.0 Å². The van der Waals surface area contributed by atoms with E-state index in [2.05, 4.69) is 23.8 Å². The Morgan fingerprint density at radius 2 is 2.33 bits per heavy atom. The molecule has 1 amide bonds. The summed E-state index contributed by atoms with van der Waals surface area (Å²) < 4.78 is 0. The molecule has 0 spiro atoms. The van der Waals surface area contributed by atoms with Crippen LogP contribution in [-0.2, 0) is 4.79 Å². The van der Waals surface area contributed by atoms with Gasteiger partial charge in [0.05, 0.1) is 19.0 Å². The molecule has 86 valence electrons. The van der Waals surface area contributed by atoms with E-state index in [4.69, 9.17) is 5.26 Å². The summed E-state index contributed by atoms with van der Waals surface area (Å²) in [5.74, 6) is 1.64. The van der Waals surface area contributed by atoms with E-state index in [1.54, 1.807) is 0 Å². The van der Waals surface area contributed by atoms with E-state index in [1.165, 1.54) is 0 Å². The van der Waals surface area contributed by atoms with Crippen molar-refractivity contribution in [3.8, 4) is 6.07 Å². The number of thioether (sulfide) groups is 1. The number of nitrogens with one attached hydrogen (secondary N) is 2. The molecule has 0 aliphatic carbocycles. The van der Waals surface area contributed by atoms with E-state index >= 15 is 0 Å². The molecule has 0 rings (SSSR count). The Labute approximate surface area is 95.8 Å². The highest BCUT2D eigenvalue weighted by molar-refractivity contribution is 7.98. The van der Waals surface area contributed by atoms with Gasteiger partial charge in [-0.3, -0.25) is 4.79 Å². The zero-order chi connectivity index (χ0) is 11.5. The van der Waals surface area contributed by atoms with E-state index in [9.17, 15) is 4.79 Å². The standard InChI is InChI=1S/C10H19N3OS/c1-9(8-15-2)6-12-7-10(14)13-5-3-4-11/h9,12H,3,5-8H2,1-2H3,(H,13,14). The molecule has 0 fully saturated rings. The molecule has 0 aromatic rings. The van der Waals surface area contributed by atoms with Crippen molar-refractivity contribution >= 4 is 17.7 Å². The summed E-state index contributed by atoms with van der Waals surface area (Å²) in [7, 11) is 0. The highest BCUT2D eigenvalue weighted by atomic mass is 32.2. The van der Waals surface area contributed by atoms with Gasteiger partial charge in [-0.1, -0.05) is 6.92 Å². The average Bonchev–Trinajstić information content (AvgIpc) is 2.18.